The fraction of sp³-hybridized carbons (Fsp3) is 0.375. The van der Waals surface area contributed by atoms with Crippen LogP contribution in [0.2, 0.25) is 0 Å². The Morgan fingerprint density at radius 2 is 2.03 bits per heavy atom. The van der Waals surface area contributed by atoms with Crippen LogP contribution in [0.25, 0.3) is 11.3 Å². The average molecular weight is 405 g/mol. The zero-order chi connectivity index (χ0) is 20.8. The lowest BCUT2D eigenvalue weighted by Gasteiger charge is -2.41. The Kier molecular flexibility index (Phi) is 6.23. The monoisotopic (exact) mass is 404 g/mol. The summed E-state index contributed by atoms with van der Waals surface area (Å²) in [5.41, 5.74) is 2.31. The van der Waals surface area contributed by atoms with E-state index in [0.717, 1.165) is 48.6 Å². The number of nitrogens with one attached hydrogen (secondary N) is 1. The first-order valence-electron chi connectivity index (χ1n) is 10.6. The summed E-state index contributed by atoms with van der Waals surface area (Å²) in [7, 11) is 0. The van der Waals surface area contributed by atoms with Crippen LogP contribution in [0, 0.1) is 5.41 Å². The number of benzene rings is 1. The highest BCUT2D eigenvalue weighted by atomic mass is 16.5. The molecule has 4 rings (SSSR count). The van der Waals surface area contributed by atoms with E-state index in [2.05, 4.69) is 20.4 Å². The summed E-state index contributed by atoms with van der Waals surface area (Å²) in [6.07, 6.45) is 4.15. The van der Waals surface area contributed by atoms with Crippen LogP contribution in [-0.2, 0) is 17.8 Å². The molecule has 1 amide bonds. The van der Waals surface area contributed by atoms with E-state index in [1.165, 1.54) is 0 Å². The van der Waals surface area contributed by atoms with Gasteiger partial charge in [-0.15, -0.1) is 0 Å². The summed E-state index contributed by atoms with van der Waals surface area (Å²) in [6.45, 7) is 4.96. The van der Waals surface area contributed by atoms with Gasteiger partial charge in [0.25, 0.3) is 0 Å². The van der Waals surface area contributed by atoms with Gasteiger partial charge in [-0.05, 0) is 38.4 Å². The molecule has 1 saturated heterocycles. The molecule has 1 atom stereocenters. The predicted octanol–water partition coefficient (Wildman–Crippen LogP) is 3.70. The van der Waals surface area contributed by atoms with Crippen molar-refractivity contribution < 1.29 is 9.32 Å². The Morgan fingerprint density at radius 1 is 1.20 bits per heavy atom. The van der Waals surface area contributed by atoms with Gasteiger partial charge in [0.2, 0.25) is 5.91 Å². The van der Waals surface area contributed by atoms with Crippen molar-refractivity contribution in [2.45, 2.75) is 32.7 Å². The fourth-order valence-corrected chi connectivity index (χ4v) is 4.32. The van der Waals surface area contributed by atoms with Crippen molar-refractivity contribution in [3.05, 3.63) is 72.2 Å². The number of likely N-dealkylation sites (tertiary alicyclic amines) is 1. The van der Waals surface area contributed by atoms with E-state index < -0.39 is 5.41 Å². The van der Waals surface area contributed by atoms with E-state index in [4.69, 9.17) is 4.52 Å². The van der Waals surface area contributed by atoms with E-state index in [1.54, 1.807) is 0 Å². The zero-order valence-electron chi connectivity index (χ0n) is 17.4. The van der Waals surface area contributed by atoms with E-state index >= 15 is 0 Å². The van der Waals surface area contributed by atoms with Gasteiger partial charge in [0, 0.05) is 43.9 Å². The molecule has 1 N–H and O–H groups in total. The highest BCUT2D eigenvalue weighted by Crippen LogP contribution is 2.35. The van der Waals surface area contributed by atoms with Crippen LogP contribution in [-0.4, -0.2) is 40.6 Å². The van der Waals surface area contributed by atoms with E-state index in [-0.39, 0.29) is 5.91 Å². The van der Waals surface area contributed by atoms with Crippen molar-refractivity contribution in [2.24, 2.45) is 5.41 Å². The van der Waals surface area contributed by atoms with Gasteiger partial charge >= 0.3 is 0 Å². The lowest BCUT2D eigenvalue weighted by molar-refractivity contribution is -0.134. The second-order valence-electron chi connectivity index (χ2n) is 8.00. The van der Waals surface area contributed by atoms with E-state index in [0.29, 0.717) is 19.5 Å². The number of hydrogen-bond acceptors (Lipinski definition) is 5. The molecular formula is C24H28N4O2. The van der Waals surface area contributed by atoms with Crippen LogP contribution in [0.5, 0.6) is 0 Å². The number of pyridine rings is 1. The van der Waals surface area contributed by atoms with E-state index in [9.17, 15) is 4.79 Å². The minimum Gasteiger partial charge on any atom is -0.361 e. The molecule has 6 nitrogen and oxygen atoms in total. The van der Waals surface area contributed by atoms with Crippen molar-refractivity contribution in [1.29, 1.82) is 0 Å². The molecular weight excluding hydrogens is 376 g/mol. The Balaban J connectivity index is 1.55. The van der Waals surface area contributed by atoms with Gasteiger partial charge in [0.15, 0.2) is 0 Å². The van der Waals surface area contributed by atoms with Gasteiger partial charge < -0.3 is 9.84 Å². The summed E-state index contributed by atoms with van der Waals surface area (Å²) in [6, 6.07) is 17.9. The Bertz CT molecular complexity index is 958. The highest BCUT2D eigenvalue weighted by molar-refractivity contribution is 5.83. The highest BCUT2D eigenvalue weighted by Gasteiger charge is 2.43. The second kappa shape index (κ2) is 9.22. The molecule has 0 bridgehead atoms. The quantitative estimate of drug-likeness (QED) is 0.650. The summed E-state index contributed by atoms with van der Waals surface area (Å²) in [5.74, 6) is 0.841. The maximum atomic E-state index is 13.2. The van der Waals surface area contributed by atoms with Gasteiger partial charge in [0.1, 0.15) is 11.5 Å². The molecule has 1 aliphatic heterocycles. The third kappa shape index (κ3) is 4.60. The number of carbonyl (C=O) groups is 1. The van der Waals surface area contributed by atoms with Crippen LogP contribution < -0.4 is 5.32 Å². The standard InChI is InChI=1S/C24H28N4O2/c1-2-25-23(29)24(12-8-14-28(18-24)17-20-11-6-7-13-26-20)16-21-15-22(27-30-21)19-9-4-3-5-10-19/h3-7,9-11,13,15H,2,8,12,14,16-18H2,1H3,(H,25,29). The Morgan fingerprint density at radius 3 is 2.80 bits per heavy atom. The van der Waals surface area contributed by atoms with Crippen molar-refractivity contribution in [3.8, 4) is 11.3 Å². The normalized spacial score (nSPS) is 19.5. The van der Waals surface area contributed by atoms with Gasteiger partial charge in [-0.3, -0.25) is 14.7 Å². The topological polar surface area (TPSA) is 71.3 Å². The summed E-state index contributed by atoms with van der Waals surface area (Å²) in [4.78, 5) is 20.0. The lowest BCUT2D eigenvalue weighted by Crippen LogP contribution is -2.52. The molecule has 0 spiro atoms. The summed E-state index contributed by atoms with van der Waals surface area (Å²) < 4.78 is 5.67. The van der Waals surface area contributed by atoms with Crippen LogP contribution in [0.4, 0.5) is 0 Å². The van der Waals surface area contributed by atoms with Gasteiger partial charge in [-0.2, -0.15) is 0 Å². The molecule has 1 fully saturated rings. The predicted molar refractivity (Wildman–Crippen MR) is 116 cm³/mol. The smallest absolute Gasteiger partial charge is 0.227 e. The Hall–Kier alpha value is -2.99. The molecule has 0 radical (unpaired) electrons. The SMILES string of the molecule is CCNC(=O)C1(Cc2cc(-c3ccccc3)no2)CCCN(Cc2ccccn2)C1. The number of nitrogens with zero attached hydrogens (tertiary/aromatic N) is 3. The number of carbonyl (C=O) groups excluding carboxylic acids is 1. The molecule has 0 saturated carbocycles. The minimum atomic E-state index is -0.531. The third-order valence-corrected chi connectivity index (χ3v) is 5.73. The summed E-state index contributed by atoms with van der Waals surface area (Å²) in [5, 5.41) is 7.30. The third-order valence-electron chi connectivity index (χ3n) is 5.73. The summed E-state index contributed by atoms with van der Waals surface area (Å²) >= 11 is 0. The minimum absolute atomic E-state index is 0.0911. The first-order chi connectivity index (χ1) is 14.7. The molecule has 1 aromatic carbocycles. The van der Waals surface area contributed by atoms with Crippen molar-refractivity contribution in [3.63, 3.8) is 0 Å². The largest absolute Gasteiger partial charge is 0.361 e. The molecule has 0 aliphatic carbocycles. The Labute approximate surface area is 177 Å². The molecule has 1 unspecified atom stereocenters. The van der Waals surface area contributed by atoms with Gasteiger partial charge in [-0.25, -0.2) is 0 Å². The van der Waals surface area contributed by atoms with Crippen LogP contribution >= 0.6 is 0 Å². The number of hydrogen-bond donors (Lipinski definition) is 1. The first kappa shape index (κ1) is 20.3. The number of aromatic nitrogens is 2. The molecule has 30 heavy (non-hydrogen) atoms. The fourth-order valence-electron chi connectivity index (χ4n) is 4.32. The van der Waals surface area contributed by atoms with Crippen molar-refractivity contribution in [2.75, 3.05) is 19.6 Å². The van der Waals surface area contributed by atoms with Gasteiger partial charge in [0.05, 0.1) is 11.1 Å². The number of rotatable bonds is 7. The zero-order valence-corrected chi connectivity index (χ0v) is 17.4. The van der Waals surface area contributed by atoms with E-state index in [1.807, 2.05) is 67.7 Å². The van der Waals surface area contributed by atoms with Crippen molar-refractivity contribution >= 4 is 5.91 Å². The second-order valence-corrected chi connectivity index (χ2v) is 8.00. The van der Waals surface area contributed by atoms with Crippen LogP contribution in [0.3, 0.4) is 0 Å². The first-order valence-corrected chi connectivity index (χ1v) is 10.6. The average Bonchev–Trinajstić information content (AvgIpc) is 3.24. The molecule has 156 valence electrons. The number of piperidine rings is 1. The molecule has 3 heterocycles. The molecule has 1 aliphatic rings. The maximum Gasteiger partial charge on any atom is 0.227 e. The molecule has 6 heteroatoms. The number of amides is 1. The lowest BCUT2D eigenvalue weighted by atomic mass is 9.75. The van der Waals surface area contributed by atoms with Crippen LogP contribution in [0.15, 0.2) is 65.3 Å². The van der Waals surface area contributed by atoms with Crippen molar-refractivity contribution in [1.82, 2.24) is 20.4 Å². The van der Waals surface area contributed by atoms with Crippen LogP contribution in [0.1, 0.15) is 31.2 Å². The molecule has 2 aromatic heterocycles. The van der Waals surface area contributed by atoms with Gasteiger partial charge in [-0.1, -0.05) is 41.6 Å². The maximum absolute atomic E-state index is 13.2. The molecule has 3 aromatic rings.